The van der Waals surface area contributed by atoms with Gasteiger partial charge >= 0.3 is 0 Å². The van der Waals surface area contributed by atoms with Crippen molar-refractivity contribution in [2.24, 2.45) is 0 Å². The van der Waals surface area contributed by atoms with Crippen LogP contribution >= 0.6 is 0 Å². The smallest absolute Gasteiger partial charge is 0.164 e. The number of para-hydroxylation sites is 2. The van der Waals surface area contributed by atoms with Crippen LogP contribution in [0.25, 0.3) is 212 Å². The molecule has 0 aliphatic rings. The Hall–Kier alpha value is -15.1. The first kappa shape index (κ1) is 66.4. The first-order valence-electron chi connectivity index (χ1n) is 37.8. The van der Waals surface area contributed by atoms with Crippen molar-refractivity contribution in [1.29, 1.82) is 0 Å². The minimum absolute atomic E-state index is 0.579. The standard InChI is InChI=1S/C105H67N7/c1-7-25-68(26-8-1)69-49-53-71(54-50-69)86-41-21-45-90-96(86)93-48-24-44-89(101(93)109-99(90)78-31-13-4-14-32-78)74-59-63-81(64-60-74)104-110-103(80-35-17-6-18-36-80)111-105(112-104)85-40-20-39-84(66-85)83-38-19-37-82(65-83)70-51-55-72(56-52-70)87-42-22-46-91-97(87)92-47-23-43-88(100(92)108-98(91)77-29-11-3-12-30-77)73-57-61-76(62-58-73)95-67-94(75-27-9-2-10-28-75)106-102(107-95)79-33-15-5-16-34-79/h1-67H. The number of benzene rings is 16. The molecule has 20 aromatic rings. The van der Waals surface area contributed by atoms with Gasteiger partial charge in [-0.25, -0.2) is 34.9 Å². The molecule has 0 fully saturated rings. The van der Waals surface area contributed by atoms with Crippen LogP contribution in [-0.4, -0.2) is 34.9 Å². The average molecular weight is 1430 g/mol. The van der Waals surface area contributed by atoms with E-state index in [1.165, 1.54) is 16.5 Å². The second kappa shape index (κ2) is 28.9. The molecule has 0 aliphatic heterocycles. The largest absolute Gasteiger partial charge is 0.246 e. The number of fused-ring (bicyclic) bond motifs is 6. The van der Waals surface area contributed by atoms with E-state index >= 15 is 0 Å². The topological polar surface area (TPSA) is 90.2 Å². The predicted molar refractivity (Wildman–Crippen MR) is 463 cm³/mol. The Bertz CT molecular complexity index is 6850. The molecule has 7 nitrogen and oxygen atoms in total. The third kappa shape index (κ3) is 12.7. The molecule has 0 saturated carbocycles. The lowest BCUT2D eigenvalue weighted by atomic mass is 9.90. The number of aromatic nitrogens is 7. The summed E-state index contributed by atoms with van der Waals surface area (Å²) in [5.41, 5.74) is 28.7. The number of hydrogen-bond donors (Lipinski definition) is 0. The first-order valence-corrected chi connectivity index (χ1v) is 37.8. The van der Waals surface area contributed by atoms with Gasteiger partial charge in [-0.2, -0.15) is 0 Å². The maximum Gasteiger partial charge on any atom is 0.164 e. The summed E-state index contributed by atoms with van der Waals surface area (Å²) < 4.78 is 0. The maximum atomic E-state index is 5.61. The molecule has 0 N–H and O–H groups in total. The summed E-state index contributed by atoms with van der Waals surface area (Å²) >= 11 is 0. The highest BCUT2D eigenvalue weighted by molar-refractivity contribution is 6.21. The zero-order valence-electron chi connectivity index (χ0n) is 60.8. The third-order valence-electron chi connectivity index (χ3n) is 21.4. The van der Waals surface area contributed by atoms with Gasteiger partial charge in [0.25, 0.3) is 0 Å². The van der Waals surface area contributed by atoms with Gasteiger partial charge in [0, 0.05) is 88.0 Å². The van der Waals surface area contributed by atoms with E-state index in [0.717, 1.165) is 172 Å². The predicted octanol–water partition coefficient (Wildman–Crippen LogP) is 27.1. The Kier molecular flexibility index (Phi) is 17.1. The second-order valence-corrected chi connectivity index (χ2v) is 28.2. The molecule has 7 heteroatoms. The Morgan fingerprint density at radius 3 is 0.812 bits per heavy atom. The third-order valence-corrected chi connectivity index (χ3v) is 21.4. The second-order valence-electron chi connectivity index (χ2n) is 28.2. The summed E-state index contributed by atoms with van der Waals surface area (Å²) in [4.78, 5) is 37.1. The summed E-state index contributed by atoms with van der Waals surface area (Å²) in [7, 11) is 0. The van der Waals surface area contributed by atoms with Gasteiger partial charge in [0.05, 0.1) is 33.8 Å². The van der Waals surface area contributed by atoms with E-state index in [-0.39, 0.29) is 0 Å². The molecule has 112 heavy (non-hydrogen) atoms. The molecular weight excluding hydrogens is 1360 g/mol. The number of hydrogen-bond acceptors (Lipinski definition) is 7. The van der Waals surface area contributed by atoms with Crippen molar-refractivity contribution in [1.82, 2.24) is 34.9 Å². The molecule has 16 aromatic carbocycles. The van der Waals surface area contributed by atoms with Crippen LogP contribution in [0.2, 0.25) is 0 Å². The van der Waals surface area contributed by atoms with Crippen molar-refractivity contribution in [3.05, 3.63) is 406 Å². The van der Waals surface area contributed by atoms with Crippen molar-refractivity contribution >= 4 is 43.4 Å². The van der Waals surface area contributed by atoms with Crippen molar-refractivity contribution < 1.29 is 0 Å². The van der Waals surface area contributed by atoms with Crippen molar-refractivity contribution in [3.63, 3.8) is 0 Å². The number of pyridine rings is 2. The highest BCUT2D eigenvalue weighted by Gasteiger charge is 2.22. The first-order chi connectivity index (χ1) is 55.5. The molecule has 0 unspecified atom stereocenters. The van der Waals surface area contributed by atoms with Crippen molar-refractivity contribution in [3.8, 4) is 168 Å². The molecule has 0 aliphatic carbocycles. The van der Waals surface area contributed by atoms with Crippen molar-refractivity contribution in [2.75, 3.05) is 0 Å². The molecule has 522 valence electrons. The summed E-state index contributed by atoms with van der Waals surface area (Å²) in [6, 6.07) is 143. The number of rotatable bonds is 15. The summed E-state index contributed by atoms with van der Waals surface area (Å²) in [5.74, 6) is 2.44. The van der Waals surface area contributed by atoms with Crippen LogP contribution < -0.4 is 0 Å². The van der Waals surface area contributed by atoms with Crippen LogP contribution in [0.15, 0.2) is 406 Å². The van der Waals surface area contributed by atoms with Gasteiger partial charge in [-0.05, 0) is 85.0 Å². The SMILES string of the molecule is c1ccc(-c2ccc(-c3cccc4c(-c5ccccc5)nc5c(-c6ccc(-c7nc(-c8ccccc8)nc(-c8cccc(-c9cccc(-c%10ccc(-c%11cccc%12c(-c%13ccccc%13)nc%13c(-c%14ccc(-c%15cc(-c%16ccccc%16)nc(-c%16ccccc%16)n%15)cc%14)cccc%13c%11%12)cc%10)c9)c8)n7)cc6)cccc5c34)cc2)cc1. The Labute approximate surface area is 649 Å². The molecular formula is C105H67N7. The molecule has 0 bridgehead atoms. The van der Waals surface area contributed by atoms with Crippen LogP contribution in [0.5, 0.6) is 0 Å². The van der Waals surface area contributed by atoms with E-state index in [2.05, 4.69) is 352 Å². The van der Waals surface area contributed by atoms with Gasteiger partial charge in [-0.15, -0.1) is 0 Å². The molecule has 0 saturated heterocycles. The molecule has 0 amide bonds. The molecule has 20 rings (SSSR count). The van der Waals surface area contributed by atoms with Gasteiger partial charge in [0.1, 0.15) is 0 Å². The maximum absolute atomic E-state index is 5.61. The quantitative estimate of drug-likeness (QED) is 0.0945. The highest BCUT2D eigenvalue weighted by Crippen LogP contribution is 2.45. The minimum atomic E-state index is 0.579. The van der Waals surface area contributed by atoms with Crippen molar-refractivity contribution in [2.45, 2.75) is 0 Å². The summed E-state index contributed by atoms with van der Waals surface area (Å²) in [5, 5.41) is 6.69. The van der Waals surface area contributed by atoms with Gasteiger partial charge < -0.3 is 0 Å². The highest BCUT2D eigenvalue weighted by atomic mass is 15.0. The number of nitrogens with zero attached hydrogens (tertiary/aromatic N) is 7. The van der Waals surface area contributed by atoms with E-state index in [0.29, 0.717) is 23.3 Å². The Balaban J connectivity index is 0.616. The van der Waals surface area contributed by atoms with Gasteiger partial charge in [-0.3, -0.25) is 0 Å². The van der Waals surface area contributed by atoms with E-state index in [4.69, 9.17) is 34.9 Å². The zero-order chi connectivity index (χ0) is 74.3. The van der Waals surface area contributed by atoms with Crippen LogP contribution in [0.3, 0.4) is 0 Å². The summed E-state index contributed by atoms with van der Waals surface area (Å²) in [6.07, 6.45) is 0. The van der Waals surface area contributed by atoms with E-state index in [9.17, 15) is 0 Å². The monoisotopic (exact) mass is 1430 g/mol. The van der Waals surface area contributed by atoms with Gasteiger partial charge in [0.15, 0.2) is 23.3 Å². The normalized spacial score (nSPS) is 11.4. The van der Waals surface area contributed by atoms with Crippen LogP contribution in [0, 0.1) is 0 Å². The molecule has 0 radical (unpaired) electrons. The van der Waals surface area contributed by atoms with Crippen LogP contribution in [0.1, 0.15) is 0 Å². The van der Waals surface area contributed by atoms with E-state index in [1.807, 2.05) is 54.6 Å². The molecule has 4 aromatic heterocycles. The zero-order valence-corrected chi connectivity index (χ0v) is 60.8. The molecule has 4 heterocycles. The molecule has 0 spiro atoms. The Morgan fingerprint density at radius 2 is 0.384 bits per heavy atom. The fourth-order valence-corrected chi connectivity index (χ4v) is 15.8. The van der Waals surface area contributed by atoms with Gasteiger partial charge in [0.2, 0.25) is 0 Å². The lowest BCUT2D eigenvalue weighted by molar-refractivity contribution is 1.07. The lowest BCUT2D eigenvalue weighted by Gasteiger charge is -2.17. The van der Waals surface area contributed by atoms with Crippen LogP contribution in [0.4, 0.5) is 0 Å². The molecule has 0 atom stereocenters. The van der Waals surface area contributed by atoms with E-state index < -0.39 is 0 Å². The van der Waals surface area contributed by atoms with Crippen LogP contribution in [-0.2, 0) is 0 Å². The van der Waals surface area contributed by atoms with Gasteiger partial charge in [-0.1, -0.05) is 388 Å². The lowest BCUT2D eigenvalue weighted by Crippen LogP contribution is -2.00. The minimum Gasteiger partial charge on any atom is -0.246 e. The fourth-order valence-electron chi connectivity index (χ4n) is 15.8. The van der Waals surface area contributed by atoms with E-state index in [1.54, 1.807) is 0 Å². The Morgan fingerprint density at radius 1 is 0.134 bits per heavy atom. The average Bonchev–Trinajstić information content (AvgIpc) is 0.738. The fraction of sp³-hybridized carbons (Fsp3) is 0. The summed E-state index contributed by atoms with van der Waals surface area (Å²) in [6.45, 7) is 0.